The van der Waals surface area contributed by atoms with Gasteiger partial charge in [-0.05, 0) is 34.4 Å². The fraction of sp³-hybridized carbons (Fsp3) is 0.192. The molecule has 4 rings (SSSR count). The van der Waals surface area contributed by atoms with E-state index in [1.807, 2.05) is 48.5 Å². The first-order valence-electron chi connectivity index (χ1n) is 10.8. The molecular formula is C26H23FN2O6. The lowest BCUT2D eigenvalue weighted by atomic mass is 9.98. The van der Waals surface area contributed by atoms with Crippen LogP contribution in [0, 0.1) is 5.82 Å². The lowest BCUT2D eigenvalue weighted by molar-refractivity contribution is -0.119. The Kier molecular flexibility index (Phi) is 7.07. The maximum atomic E-state index is 14.2. The van der Waals surface area contributed by atoms with E-state index in [2.05, 4.69) is 10.6 Å². The molecule has 0 heterocycles. The Balaban J connectivity index is 1.44. The van der Waals surface area contributed by atoms with E-state index in [1.165, 1.54) is 13.2 Å². The lowest BCUT2D eigenvalue weighted by Crippen LogP contribution is -2.47. The quantitative estimate of drug-likeness (QED) is 0.451. The number of carbonyl (C=O) groups excluding carboxylic acids is 2. The highest BCUT2D eigenvalue weighted by Gasteiger charge is 2.30. The summed E-state index contributed by atoms with van der Waals surface area (Å²) in [6.45, 7) is -0.204. The molecule has 3 aromatic carbocycles. The van der Waals surface area contributed by atoms with E-state index in [-0.39, 0.29) is 19.1 Å². The lowest BCUT2D eigenvalue weighted by Gasteiger charge is -2.20. The molecule has 0 saturated carbocycles. The van der Waals surface area contributed by atoms with Crippen LogP contribution in [0.2, 0.25) is 0 Å². The molecule has 8 nitrogen and oxygen atoms in total. The van der Waals surface area contributed by atoms with Gasteiger partial charge in [0, 0.05) is 13.0 Å². The summed E-state index contributed by atoms with van der Waals surface area (Å²) in [5.41, 5.74) is 3.30. The second kappa shape index (κ2) is 10.4. The summed E-state index contributed by atoms with van der Waals surface area (Å²) in [6, 6.07) is 17.9. The van der Waals surface area contributed by atoms with Crippen molar-refractivity contribution in [3.63, 3.8) is 0 Å². The number of ether oxygens (including phenoxy) is 2. The molecule has 0 radical (unpaired) electrons. The first-order chi connectivity index (χ1) is 16.9. The summed E-state index contributed by atoms with van der Waals surface area (Å²) in [5.74, 6) is -3.35. The Labute approximate surface area is 200 Å². The average Bonchev–Trinajstić information content (AvgIpc) is 3.17. The molecule has 0 fully saturated rings. The fourth-order valence-corrected chi connectivity index (χ4v) is 4.17. The number of hydrogen-bond donors (Lipinski definition) is 3. The third kappa shape index (κ3) is 4.99. The number of anilines is 1. The minimum atomic E-state index is -1.41. The van der Waals surface area contributed by atoms with E-state index in [9.17, 15) is 23.9 Å². The molecule has 0 bridgehead atoms. The largest absolute Gasteiger partial charge is 0.478 e. The molecule has 0 spiro atoms. The Morgan fingerprint density at radius 1 is 0.971 bits per heavy atom. The number of aromatic carboxylic acids is 1. The number of benzene rings is 3. The highest BCUT2D eigenvalue weighted by Crippen LogP contribution is 2.44. The Morgan fingerprint density at radius 3 is 2.20 bits per heavy atom. The van der Waals surface area contributed by atoms with Crippen molar-refractivity contribution in [2.24, 2.45) is 0 Å². The van der Waals surface area contributed by atoms with Gasteiger partial charge in [-0.1, -0.05) is 54.6 Å². The number of alkyl carbamates (subject to hydrolysis) is 1. The Morgan fingerprint density at radius 2 is 1.60 bits per heavy atom. The first kappa shape index (κ1) is 23.9. The van der Waals surface area contributed by atoms with Crippen molar-refractivity contribution in [1.82, 2.24) is 5.32 Å². The molecule has 3 aromatic rings. The van der Waals surface area contributed by atoms with Crippen LogP contribution in [0.3, 0.4) is 0 Å². The predicted octanol–water partition coefficient (Wildman–Crippen LogP) is 4.02. The van der Waals surface area contributed by atoms with Crippen LogP contribution in [0.25, 0.3) is 11.1 Å². The summed E-state index contributed by atoms with van der Waals surface area (Å²) in [7, 11) is 1.32. The van der Waals surface area contributed by atoms with Crippen LogP contribution in [0.15, 0.2) is 66.7 Å². The number of methoxy groups -OCH3 is 1. The number of carboxylic acid groups (broad SMARTS) is 1. The van der Waals surface area contributed by atoms with Gasteiger partial charge in [0.2, 0.25) is 5.91 Å². The number of fused-ring (bicyclic) bond motifs is 3. The maximum Gasteiger partial charge on any atom is 0.407 e. The van der Waals surface area contributed by atoms with Crippen LogP contribution in [0.4, 0.5) is 14.9 Å². The van der Waals surface area contributed by atoms with E-state index in [1.54, 1.807) is 0 Å². The topological polar surface area (TPSA) is 114 Å². The molecule has 0 aliphatic heterocycles. The second-order valence-corrected chi connectivity index (χ2v) is 7.93. The number of carbonyl (C=O) groups is 3. The SMILES string of the molecule is COC[C@H](NC(=O)OCC1c2ccccc2-c2ccccc21)C(=O)Nc1c(F)cccc1C(=O)O. The van der Waals surface area contributed by atoms with Crippen molar-refractivity contribution in [2.45, 2.75) is 12.0 Å². The summed E-state index contributed by atoms with van der Waals surface area (Å²) in [4.78, 5) is 36.7. The molecule has 0 unspecified atom stereocenters. The molecule has 9 heteroatoms. The van der Waals surface area contributed by atoms with Gasteiger partial charge in [0.25, 0.3) is 0 Å². The number of amides is 2. The van der Waals surface area contributed by atoms with Crippen LogP contribution >= 0.6 is 0 Å². The summed E-state index contributed by atoms with van der Waals surface area (Å²) < 4.78 is 24.6. The second-order valence-electron chi connectivity index (χ2n) is 7.93. The van der Waals surface area contributed by atoms with Crippen LogP contribution in [0.5, 0.6) is 0 Å². The van der Waals surface area contributed by atoms with E-state index >= 15 is 0 Å². The van der Waals surface area contributed by atoms with Crippen molar-refractivity contribution >= 4 is 23.7 Å². The summed E-state index contributed by atoms with van der Waals surface area (Å²) in [6.07, 6.45) is -0.865. The third-order valence-corrected chi connectivity index (χ3v) is 5.78. The number of hydrogen-bond acceptors (Lipinski definition) is 5. The van der Waals surface area contributed by atoms with Gasteiger partial charge in [-0.25, -0.2) is 14.0 Å². The van der Waals surface area contributed by atoms with Crippen LogP contribution in [-0.4, -0.2) is 49.4 Å². The van der Waals surface area contributed by atoms with Crippen LogP contribution in [0.1, 0.15) is 27.4 Å². The predicted molar refractivity (Wildman–Crippen MR) is 126 cm³/mol. The van der Waals surface area contributed by atoms with Crippen molar-refractivity contribution < 1.29 is 33.4 Å². The van der Waals surface area contributed by atoms with Gasteiger partial charge in [0.1, 0.15) is 18.5 Å². The minimum Gasteiger partial charge on any atom is -0.478 e. The summed E-state index contributed by atoms with van der Waals surface area (Å²) in [5, 5.41) is 13.9. The molecule has 1 aliphatic carbocycles. The average molecular weight is 478 g/mol. The van der Waals surface area contributed by atoms with Gasteiger partial charge in [0.15, 0.2) is 0 Å². The van der Waals surface area contributed by atoms with Gasteiger partial charge < -0.3 is 25.2 Å². The van der Waals surface area contributed by atoms with Crippen LogP contribution < -0.4 is 10.6 Å². The molecule has 1 atom stereocenters. The van der Waals surface area contributed by atoms with E-state index in [4.69, 9.17) is 9.47 Å². The Hall–Kier alpha value is -4.24. The molecule has 35 heavy (non-hydrogen) atoms. The molecule has 2 amide bonds. The number of nitrogens with one attached hydrogen (secondary N) is 2. The standard InChI is InChI=1S/C26H23FN2O6/c1-34-14-22(24(30)29-23-19(25(31)32)11-6-12-21(23)27)28-26(33)35-13-20-17-9-4-2-7-15(17)16-8-3-5-10-18(16)20/h2-12,20,22H,13-14H2,1H3,(H,28,33)(H,29,30)(H,31,32)/t22-/m0/s1. The van der Waals surface area contributed by atoms with E-state index in [0.717, 1.165) is 34.4 Å². The van der Waals surface area contributed by atoms with Gasteiger partial charge in [-0.2, -0.15) is 0 Å². The highest BCUT2D eigenvalue weighted by molar-refractivity contribution is 6.03. The van der Waals surface area contributed by atoms with Crippen molar-refractivity contribution in [3.8, 4) is 11.1 Å². The smallest absolute Gasteiger partial charge is 0.407 e. The molecule has 180 valence electrons. The van der Waals surface area contributed by atoms with E-state index < -0.39 is 41.1 Å². The maximum absolute atomic E-state index is 14.2. The molecule has 0 aromatic heterocycles. The highest BCUT2D eigenvalue weighted by atomic mass is 19.1. The molecule has 0 saturated heterocycles. The zero-order valence-electron chi connectivity index (χ0n) is 18.8. The molecule has 1 aliphatic rings. The van der Waals surface area contributed by atoms with Crippen molar-refractivity contribution in [1.29, 1.82) is 0 Å². The van der Waals surface area contributed by atoms with Gasteiger partial charge in [0.05, 0.1) is 17.9 Å². The van der Waals surface area contributed by atoms with Crippen LogP contribution in [-0.2, 0) is 14.3 Å². The van der Waals surface area contributed by atoms with Gasteiger partial charge >= 0.3 is 12.1 Å². The number of para-hydroxylation sites is 1. The Bertz CT molecular complexity index is 1230. The first-order valence-corrected chi connectivity index (χ1v) is 10.8. The third-order valence-electron chi connectivity index (χ3n) is 5.78. The molecule has 3 N–H and O–H groups in total. The van der Waals surface area contributed by atoms with Crippen molar-refractivity contribution in [2.75, 3.05) is 25.6 Å². The zero-order chi connectivity index (χ0) is 24.9. The number of carboxylic acids is 1. The van der Waals surface area contributed by atoms with Crippen molar-refractivity contribution in [3.05, 3.63) is 89.2 Å². The summed E-state index contributed by atoms with van der Waals surface area (Å²) >= 11 is 0. The van der Waals surface area contributed by atoms with Gasteiger partial charge in [-0.3, -0.25) is 4.79 Å². The monoisotopic (exact) mass is 478 g/mol. The number of halogens is 1. The zero-order valence-corrected chi connectivity index (χ0v) is 18.8. The molecular weight excluding hydrogens is 455 g/mol. The van der Waals surface area contributed by atoms with E-state index in [0.29, 0.717) is 0 Å². The number of rotatable bonds is 8. The minimum absolute atomic E-state index is 0.0393. The normalized spacial score (nSPS) is 12.9. The van der Waals surface area contributed by atoms with Gasteiger partial charge in [-0.15, -0.1) is 0 Å². The fourth-order valence-electron chi connectivity index (χ4n) is 4.17.